The molecule has 1 aromatic rings. The number of rotatable bonds is 5. The summed E-state index contributed by atoms with van der Waals surface area (Å²) in [6, 6.07) is 9.02. The molecule has 1 fully saturated rings. The molecule has 1 amide bonds. The number of carbonyl (C=O) groups is 1. The van der Waals surface area contributed by atoms with Crippen molar-refractivity contribution in [1.82, 2.24) is 5.32 Å². The lowest BCUT2D eigenvalue weighted by atomic mass is 10.0. The second-order valence-corrected chi connectivity index (χ2v) is 6.26. The molecule has 5 nitrogen and oxygen atoms in total. The van der Waals surface area contributed by atoms with Crippen LogP contribution in [0.25, 0.3) is 0 Å². The number of hydrogen-bond acceptors (Lipinski definition) is 4. The minimum atomic E-state index is -0.215. The summed E-state index contributed by atoms with van der Waals surface area (Å²) in [5.41, 5.74) is 1.83. The third kappa shape index (κ3) is 4.36. The second-order valence-electron chi connectivity index (χ2n) is 6.26. The number of ether oxygens (including phenoxy) is 2. The second kappa shape index (κ2) is 7.98. The number of allylic oxidation sites excluding steroid dienone is 1. The molecule has 5 heteroatoms. The molecule has 1 aliphatic heterocycles. The van der Waals surface area contributed by atoms with Gasteiger partial charge in [0.2, 0.25) is 5.91 Å². The van der Waals surface area contributed by atoms with E-state index in [4.69, 9.17) is 14.7 Å². The van der Waals surface area contributed by atoms with E-state index in [1.165, 1.54) is 5.57 Å². The van der Waals surface area contributed by atoms with Gasteiger partial charge in [-0.1, -0.05) is 11.6 Å². The first-order chi connectivity index (χ1) is 11.7. The number of nitrogens with one attached hydrogen (secondary N) is 1. The molecule has 3 rings (SSSR count). The van der Waals surface area contributed by atoms with Gasteiger partial charge < -0.3 is 14.8 Å². The molecule has 2 aliphatic rings. The van der Waals surface area contributed by atoms with E-state index in [0.717, 1.165) is 25.7 Å². The average Bonchev–Trinajstić information content (AvgIpc) is 3.10. The van der Waals surface area contributed by atoms with Crippen LogP contribution in [-0.2, 0) is 9.53 Å². The fraction of sp³-hybridized carbons (Fsp3) is 0.474. The van der Waals surface area contributed by atoms with Gasteiger partial charge in [0.05, 0.1) is 24.3 Å². The van der Waals surface area contributed by atoms with Crippen LogP contribution in [0.1, 0.15) is 37.7 Å². The molecule has 0 bridgehead atoms. The zero-order valence-electron chi connectivity index (χ0n) is 13.7. The maximum atomic E-state index is 12.3. The number of carbonyl (C=O) groups excluding carboxylic acids is 1. The summed E-state index contributed by atoms with van der Waals surface area (Å²) in [5, 5.41) is 11.9. The van der Waals surface area contributed by atoms with Gasteiger partial charge in [0.1, 0.15) is 11.9 Å². The highest BCUT2D eigenvalue weighted by Gasteiger charge is 2.29. The Morgan fingerprint density at radius 3 is 2.92 bits per heavy atom. The molecule has 1 aromatic carbocycles. The summed E-state index contributed by atoms with van der Waals surface area (Å²) in [7, 11) is 0. The number of amides is 1. The first-order valence-corrected chi connectivity index (χ1v) is 8.46. The van der Waals surface area contributed by atoms with Crippen LogP contribution in [-0.4, -0.2) is 31.3 Å². The number of nitrogens with zero attached hydrogens (tertiary/aromatic N) is 1. The largest absolute Gasteiger partial charge is 0.486 e. The monoisotopic (exact) mass is 326 g/mol. The zero-order chi connectivity index (χ0) is 16.8. The van der Waals surface area contributed by atoms with E-state index in [1.807, 2.05) is 0 Å². The van der Waals surface area contributed by atoms with Crippen LogP contribution in [0.2, 0.25) is 0 Å². The molecule has 0 spiro atoms. The van der Waals surface area contributed by atoms with Gasteiger partial charge in [-0.05, 0) is 49.9 Å². The Labute approximate surface area is 142 Å². The van der Waals surface area contributed by atoms with Gasteiger partial charge in [-0.2, -0.15) is 5.26 Å². The van der Waals surface area contributed by atoms with Crippen molar-refractivity contribution in [3.8, 4) is 11.8 Å². The summed E-state index contributed by atoms with van der Waals surface area (Å²) in [6.07, 6.45) is 6.47. The summed E-state index contributed by atoms with van der Waals surface area (Å²) >= 11 is 0. The average molecular weight is 326 g/mol. The van der Waals surface area contributed by atoms with Crippen LogP contribution in [0.4, 0.5) is 0 Å². The lowest BCUT2D eigenvalue weighted by Crippen LogP contribution is -2.51. The molecule has 0 aromatic heterocycles. The Morgan fingerprint density at radius 1 is 1.38 bits per heavy atom. The predicted octanol–water partition coefficient (Wildman–Crippen LogP) is 2.71. The van der Waals surface area contributed by atoms with Crippen LogP contribution in [0, 0.1) is 11.3 Å². The van der Waals surface area contributed by atoms with Crippen molar-refractivity contribution >= 4 is 5.91 Å². The Morgan fingerprint density at radius 2 is 2.21 bits per heavy atom. The first kappa shape index (κ1) is 16.5. The molecule has 0 saturated carbocycles. The molecule has 1 N–H and O–H groups in total. The van der Waals surface area contributed by atoms with E-state index in [-0.39, 0.29) is 18.1 Å². The fourth-order valence-electron chi connectivity index (χ4n) is 3.14. The molecule has 1 saturated heterocycles. The van der Waals surface area contributed by atoms with Gasteiger partial charge in [0, 0.05) is 13.0 Å². The van der Waals surface area contributed by atoms with Crippen LogP contribution in [0.5, 0.6) is 5.75 Å². The van der Waals surface area contributed by atoms with Crippen molar-refractivity contribution in [3.63, 3.8) is 0 Å². The topological polar surface area (TPSA) is 71.3 Å². The van der Waals surface area contributed by atoms with E-state index in [9.17, 15) is 4.79 Å². The van der Waals surface area contributed by atoms with Crippen LogP contribution >= 0.6 is 0 Å². The summed E-state index contributed by atoms with van der Waals surface area (Å²) in [5.74, 6) is 0.741. The first-order valence-electron chi connectivity index (χ1n) is 8.46. The molecular formula is C19H22N2O3. The lowest BCUT2D eigenvalue weighted by Gasteiger charge is -2.32. The van der Waals surface area contributed by atoms with E-state index < -0.39 is 0 Å². The Balaban J connectivity index is 1.58. The van der Waals surface area contributed by atoms with Gasteiger partial charge in [-0.25, -0.2) is 0 Å². The lowest BCUT2D eigenvalue weighted by molar-refractivity contribution is -0.123. The fourth-order valence-corrected chi connectivity index (χ4v) is 3.14. The summed E-state index contributed by atoms with van der Waals surface area (Å²) < 4.78 is 11.5. The van der Waals surface area contributed by atoms with E-state index in [2.05, 4.69) is 17.5 Å². The highest BCUT2D eigenvalue weighted by atomic mass is 16.5. The highest BCUT2D eigenvalue weighted by Crippen LogP contribution is 2.22. The van der Waals surface area contributed by atoms with Gasteiger partial charge in [-0.3, -0.25) is 4.79 Å². The SMILES string of the molecule is N#Cc1ccc(O[C@@H]2COCC[C@H]2NC(=O)CC2=CCCC2)cc1. The van der Waals surface area contributed by atoms with E-state index in [0.29, 0.717) is 30.9 Å². The maximum absolute atomic E-state index is 12.3. The quantitative estimate of drug-likeness (QED) is 0.845. The Kier molecular flexibility index (Phi) is 5.50. The van der Waals surface area contributed by atoms with Crippen molar-refractivity contribution in [2.45, 2.75) is 44.2 Å². The van der Waals surface area contributed by atoms with E-state index in [1.54, 1.807) is 24.3 Å². The third-order valence-corrected chi connectivity index (χ3v) is 4.44. The van der Waals surface area contributed by atoms with Crippen molar-refractivity contribution in [3.05, 3.63) is 41.5 Å². The number of nitriles is 1. The molecule has 1 aliphatic carbocycles. The standard InChI is InChI=1S/C19H22N2O3/c20-12-15-5-7-16(8-6-15)24-18-13-23-10-9-17(18)21-19(22)11-14-3-1-2-4-14/h3,5-8,17-18H,1-2,4,9-11,13H2,(H,21,22)/t17-,18-/m1/s1. The van der Waals surface area contributed by atoms with Crippen molar-refractivity contribution < 1.29 is 14.3 Å². The summed E-state index contributed by atoms with van der Waals surface area (Å²) in [6.45, 7) is 1.08. The van der Waals surface area contributed by atoms with Gasteiger partial charge in [0.15, 0.2) is 0 Å². The zero-order valence-corrected chi connectivity index (χ0v) is 13.7. The molecule has 1 heterocycles. The molecular weight excluding hydrogens is 304 g/mol. The maximum Gasteiger partial charge on any atom is 0.224 e. The minimum Gasteiger partial charge on any atom is -0.486 e. The van der Waals surface area contributed by atoms with Crippen molar-refractivity contribution in [2.24, 2.45) is 0 Å². The smallest absolute Gasteiger partial charge is 0.224 e. The molecule has 126 valence electrons. The molecule has 2 atom stereocenters. The normalized spacial score (nSPS) is 23.2. The molecule has 0 radical (unpaired) electrons. The number of hydrogen-bond donors (Lipinski definition) is 1. The van der Waals surface area contributed by atoms with Crippen LogP contribution < -0.4 is 10.1 Å². The van der Waals surface area contributed by atoms with Crippen LogP contribution in [0.3, 0.4) is 0 Å². The predicted molar refractivity (Wildman–Crippen MR) is 89.5 cm³/mol. The Hall–Kier alpha value is -2.32. The van der Waals surface area contributed by atoms with Crippen molar-refractivity contribution in [1.29, 1.82) is 5.26 Å². The molecule has 24 heavy (non-hydrogen) atoms. The number of benzene rings is 1. The van der Waals surface area contributed by atoms with Gasteiger partial charge in [0.25, 0.3) is 0 Å². The highest BCUT2D eigenvalue weighted by molar-refractivity contribution is 5.79. The third-order valence-electron chi connectivity index (χ3n) is 4.44. The molecule has 0 unspecified atom stereocenters. The summed E-state index contributed by atoms with van der Waals surface area (Å²) in [4.78, 5) is 12.3. The Bertz CT molecular complexity index is 646. The minimum absolute atomic E-state index is 0.0519. The van der Waals surface area contributed by atoms with Crippen LogP contribution in [0.15, 0.2) is 35.9 Å². The van der Waals surface area contributed by atoms with E-state index >= 15 is 0 Å². The van der Waals surface area contributed by atoms with Gasteiger partial charge in [-0.15, -0.1) is 0 Å². The van der Waals surface area contributed by atoms with Crippen molar-refractivity contribution in [2.75, 3.05) is 13.2 Å². The van der Waals surface area contributed by atoms with Gasteiger partial charge >= 0.3 is 0 Å².